The fraction of sp³-hybridized carbons (Fsp3) is 1.00. The van der Waals surface area contributed by atoms with Crippen molar-refractivity contribution >= 4 is 10.2 Å². The molecule has 0 spiro atoms. The van der Waals surface area contributed by atoms with E-state index in [4.69, 9.17) is 4.74 Å². The third kappa shape index (κ3) is 3.21. The first-order valence-corrected chi connectivity index (χ1v) is 7.95. The van der Waals surface area contributed by atoms with Gasteiger partial charge >= 0.3 is 0 Å². The zero-order chi connectivity index (χ0) is 13.1. The Labute approximate surface area is 108 Å². The molecule has 6 nitrogen and oxygen atoms in total. The monoisotopic (exact) mass is 278 g/mol. The molecule has 1 aliphatic carbocycles. The largest absolute Gasteiger partial charge is 0.396 e. The Bertz CT molecular complexity index is 359. The van der Waals surface area contributed by atoms with E-state index in [2.05, 4.69) is 4.72 Å². The van der Waals surface area contributed by atoms with Crippen LogP contribution in [0.5, 0.6) is 0 Å². The molecule has 1 heterocycles. The molecule has 2 aliphatic rings. The van der Waals surface area contributed by atoms with E-state index >= 15 is 0 Å². The van der Waals surface area contributed by atoms with Crippen LogP contribution in [0.1, 0.15) is 25.7 Å². The summed E-state index contributed by atoms with van der Waals surface area (Å²) in [4.78, 5) is 0. The number of nitrogens with zero attached hydrogens (tertiary/aromatic N) is 1. The quantitative estimate of drug-likeness (QED) is 0.724. The van der Waals surface area contributed by atoms with Crippen molar-refractivity contribution in [3.63, 3.8) is 0 Å². The van der Waals surface area contributed by atoms with Crippen molar-refractivity contribution in [3.8, 4) is 0 Å². The van der Waals surface area contributed by atoms with E-state index in [0.717, 1.165) is 25.7 Å². The van der Waals surface area contributed by atoms with Crippen LogP contribution in [0.4, 0.5) is 0 Å². The summed E-state index contributed by atoms with van der Waals surface area (Å²) in [5.74, 6) is 0. The van der Waals surface area contributed by atoms with Gasteiger partial charge in [0.1, 0.15) is 0 Å². The normalized spacial score (nSPS) is 25.4. The maximum Gasteiger partial charge on any atom is 0.279 e. The van der Waals surface area contributed by atoms with E-state index in [1.54, 1.807) is 0 Å². The standard InChI is InChI=1S/C11H22N2O4S/c14-10-11(3-1-2-4-11)9-12-18(15,16)13-5-7-17-8-6-13/h12,14H,1-10H2. The van der Waals surface area contributed by atoms with Crippen molar-refractivity contribution in [2.45, 2.75) is 25.7 Å². The zero-order valence-electron chi connectivity index (χ0n) is 10.6. The molecule has 0 aromatic carbocycles. The molecular weight excluding hydrogens is 256 g/mol. The Morgan fingerprint density at radius 2 is 1.83 bits per heavy atom. The van der Waals surface area contributed by atoms with Gasteiger partial charge in [0.05, 0.1) is 13.2 Å². The van der Waals surface area contributed by atoms with Gasteiger partial charge in [0.15, 0.2) is 0 Å². The smallest absolute Gasteiger partial charge is 0.279 e. The molecule has 1 saturated carbocycles. The summed E-state index contributed by atoms with van der Waals surface area (Å²) in [6.07, 6.45) is 3.93. The van der Waals surface area contributed by atoms with Crippen molar-refractivity contribution in [1.29, 1.82) is 0 Å². The van der Waals surface area contributed by atoms with Gasteiger partial charge < -0.3 is 9.84 Å². The number of aliphatic hydroxyl groups excluding tert-OH is 1. The first-order chi connectivity index (χ1) is 8.58. The molecule has 0 unspecified atom stereocenters. The second-order valence-electron chi connectivity index (χ2n) is 5.20. The predicted octanol–water partition coefficient (Wildman–Crippen LogP) is -0.294. The van der Waals surface area contributed by atoms with Crippen molar-refractivity contribution < 1.29 is 18.3 Å². The van der Waals surface area contributed by atoms with E-state index in [1.807, 2.05) is 0 Å². The Kier molecular flexibility index (Phi) is 4.60. The fourth-order valence-electron chi connectivity index (χ4n) is 2.64. The highest BCUT2D eigenvalue weighted by atomic mass is 32.2. The second kappa shape index (κ2) is 5.83. The molecule has 0 aromatic heterocycles. The van der Waals surface area contributed by atoms with Crippen LogP contribution in [0.3, 0.4) is 0 Å². The van der Waals surface area contributed by atoms with Gasteiger partial charge in [0.2, 0.25) is 0 Å². The molecule has 1 aliphatic heterocycles. The number of aliphatic hydroxyl groups is 1. The third-order valence-electron chi connectivity index (χ3n) is 3.94. The van der Waals surface area contributed by atoms with Gasteiger partial charge in [-0.15, -0.1) is 0 Å². The Morgan fingerprint density at radius 3 is 2.39 bits per heavy atom. The van der Waals surface area contributed by atoms with Crippen LogP contribution in [0.15, 0.2) is 0 Å². The van der Waals surface area contributed by atoms with Crippen LogP contribution < -0.4 is 4.72 Å². The molecule has 0 aromatic rings. The van der Waals surface area contributed by atoms with Gasteiger partial charge in [-0.1, -0.05) is 12.8 Å². The summed E-state index contributed by atoms with van der Waals surface area (Å²) in [6.45, 7) is 2.10. The van der Waals surface area contributed by atoms with E-state index < -0.39 is 10.2 Å². The fourth-order valence-corrected chi connectivity index (χ4v) is 3.94. The molecule has 7 heteroatoms. The van der Waals surface area contributed by atoms with Crippen molar-refractivity contribution in [3.05, 3.63) is 0 Å². The Morgan fingerprint density at radius 1 is 1.22 bits per heavy atom. The lowest BCUT2D eigenvalue weighted by molar-refractivity contribution is 0.0718. The minimum absolute atomic E-state index is 0.0542. The SMILES string of the molecule is O=S(=O)(NCC1(CO)CCCC1)N1CCOCC1. The minimum atomic E-state index is -3.43. The lowest BCUT2D eigenvalue weighted by atomic mass is 9.88. The zero-order valence-corrected chi connectivity index (χ0v) is 11.4. The van der Waals surface area contributed by atoms with Crippen LogP contribution in [-0.2, 0) is 14.9 Å². The molecule has 0 amide bonds. The summed E-state index contributed by atoms with van der Waals surface area (Å²) in [6, 6.07) is 0. The van der Waals surface area contributed by atoms with Gasteiger partial charge in [-0.05, 0) is 12.8 Å². The molecule has 18 heavy (non-hydrogen) atoms. The number of hydrogen-bond acceptors (Lipinski definition) is 4. The lowest BCUT2D eigenvalue weighted by Gasteiger charge is -2.30. The van der Waals surface area contributed by atoms with E-state index in [-0.39, 0.29) is 12.0 Å². The minimum Gasteiger partial charge on any atom is -0.396 e. The average molecular weight is 278 g/mol. The average Bonchev–Trinajstić information content (AvgIpc) is 2.87. The predicted molar refractivity (Wildman–Crippen MR) is 67.3 cm³/mol. The van der Waals surface area contributed by atoms with Gasteiger partial charge in [0, 0.05) is 31.7 Å². The van der Waals surface area contributed by atoms with Crippen molar-refractivity contribution in [2.24, 2.45) is 5.41 Å². The molecule has 106 valence electrons. The first kappa shape index (κ1) is 14.2. The molecule has 0 atom stereocenters. The van der Waals surface area contributed by atoms with Crippen LogP contribution in [0.2, 0.25) is 0 Å². The maximum absolute atomic E-state index is 12.1. The van der Waals surface area contributed by atoms with E-state index in [1.165, 1.54) is 4.31 Å². The summed E-state index contributed by atoms with van der Waals surface area (Å²) < 4.78 is 33.4. The van der Waals surface area contributed by atoms with Gasteiger partial charge in [-0.3, -0.25) is 0 Å². The summed E-state index contributed by atoms with van der Waals surface area (Å²) in [5.41, 5.74) is -0.251. The molecule has 0 bridgehead atoms. The summed E-state index contributed by atoms with van der Waals surface area (Å²) >= 11 is 0. The molecule has 1 saturated heterocycles. The number of morpholine rings is 1. The van der Waals surface area contributed by atoms with Crippen LogP contribution >= 0.6 is 0 Å². The van der Waals surface area contributed by atoms with Gasteiger partial charge in [-0.25, -0.2) is 4.72 Å². The highest BCUT2D eigenvalue weighted by Crippen LogP contribution is 2.37. The lowest BCUT2D eigenvalue weighted by Crippen LogP contribution is -2.49. The second-order valence-corrected chi connectivity index (χ2v) is 6.96. The summed E-state index contributed by atoms with van der Waals surface area (Å²) in [7, 11) is -3.43. The van der Waals surface area contributed by atoms with E-state index in [0.29, 0.717) is 32.8 Å². The highest BCUT2D eigenvalue weighted by molar-refractivity contribution is 7.87. The molecule has 0 radical (unpaired) electrons. The Balaban J connectivity index is 1.91. The number of nitrogens with one attached hydrogen (secondary N) is 1. The first-order valence-electron chi connectivity index (χ1n) is 6.51. The molecule has 2 N–H and O–H groups in total. The number of ether oxygens (including phenoxy) is 1. The van der Waals surface area contributed by atoms with Crippen LogP contribution in [0.25, 0.3) is 0 Å². The van der Waals surface area contributed by atoms with Gasteiger partial charge in [-0.2, -0.15) is 12.7 Å². The number of rotatable bonds is 5. The highest BCUT2D eigenvalue weighted by Gasteiger charge is 2.35. The third-order valence-corrected chi connectivity index (χ3v) is 5.49. The van der Waals surface area contributed by atoms with Crippen LogP contribution in [-0.4, -0.2) is 57.3 Å². The molecule has 2 fully saturated rings. The molecular formula is C11H22N2O4S. The van der Waals surface area contributed by atoms with Gasteiger partial charge in [0.25, 0.3) is 10.2 Å². The van der Waals surface area contributed by atoms with Crippen molar-refractivity contribution in [1.82, 2.24) is 9.03 Å². The molecule has 2 rings (SSSR count). The van der Waals surface area contributed by atoms with E-state index in [9.17, 15) is 13.5 Å². The summed E-state index contributed by atoms with van der Waals surface area (Å²) in [5, 5.41) is 9.46. The maximum atomic E-state index is 12.1. The topological polar surface area (TPSA) is 78.9 Å². The number of hydrogen-bond donors (Lipinski definition) is 2. The van der Waals surface area contributed by atoms with Crippen molar-refractivity contribution in [2.75, 3.05) is 39.5 Å². The Hall–Kier alpha value is -0.210. The van der Waals surface area contributed by atoms with Crippen LogP contribution in [0, 0.1) is 5.41 Å².